The Morgan fingerprint density at radius 2 is 2.21 bits per heavy atom. The zero-order valence-electron chi connectivity index (χ0n) is 11.8. The number of hydrogen-bond acceptors (Lipinski definition) is 3. The van der Waals surface area contributed by atoms with Gasteiger partial charge in [0.2, 0.25) is 0 Å². The van der Waals surface area contributed by atoms with Gasteiger partial charge in [-0.2, -0.15) is 0 Å². The summed E-state index contributed by atoms with van der Waals surface area (Å²) in [6.07, 6.45) is 3.87. The molecule has 1 N–H and O–H groups in total. The Labute approximate surface area is 119 Å². The number of aromatic nitrogens is 2. The van der Waals surface area contributed by atoms with Crippen molar-refractivity contribution in [3.63, 3.8) is 0 Å². The zero-order chi connectivity index (χ0) is 13.8. The van der Waals surface area contributed by atoms with Crippen molar-refractivity contribution in [3.8, 4) is 0 Å². The molecule has 3 nitrogen and oxygen atoms in total. The maximum Gasteiger partial charge on any atom is 0.159 e. The lowest BCUT2D eigenvalue weighted by Crippen LogP contribution is -2.20. The van der Waals surface area contributed by atoms with Crippen LogP contribution >= 0.6 is 12.2 Å². The molecule has 0 bridgehead atoms. The minimum absolute atomic E-state index is 0.676. The largest absolute Gasteiger partial charge is 0.323 e. The second kappa shape index (κ2) is 6.15. The van der Waals surface area contributed by atoms with Gasteiger partial charge in [-0.05, 0) is 42.5 Å². The van der Waals surface area contributed by atoms with Gasteiger partial charge in [-0.25, -0.2) is 9.66 Å². The van der Waals surface area contributed by atoms with E-state index in [1.807, 2.05) is 16.9 Å². The molecule has 2 heterocycles. The molecule has 0 spiro atoms. The van der Waals surface area contributed by atoms with Crippen LogP contribution in [0, 0.1) is 10.6 Å². The first kappa shape index (κ1) is 14.0. The predicted octanol–water partition coefficient (Wildman–Crippen LogP) is 3.92. The van der Waals surface area contributed by atoms with E-state index in [4.69, 9.17) is 12.2 Å². The van der Waals surface area contributed by atoms with Crippen LogP contribution in [-0.2, 0) is 6.42 Å². The van der Waals surface area contributed by atoms with Gasteiger partial charge in [-0.15, -0.1) is 0 Å². The molecule has 19 heavy (non-hydrogen) atoms. The molecule has 0 radical (unpaired) electrons. The van der Waals surface area contributed by atoms with Crippen molar-refractivity contribution >= 4 is 23.3 Å². The van der Waals surface area contributed by atoms with Gasteiger partial charge in [0.15, 0.2) is 5.65 Å². The van der Waals surface area contributed by atoms with E-state index >= 15 is 0 Å². The van der Waals surface area contributed by atoms with Crippen molar-refractivity contribution in [2.45, 2.75) is 33.6 Å². The van der Waals surface area contributed by atoms with E-state index < -0.39 is 0 Å². The van der Waals surface area contributed by atoms with Gasteiger partial charge < -0.3 is 5.43 Å². The molecular weight excluding hydrogens is 254 g/mol. The fourth-order valence-electron chi connectivity index (χ4n) is 2.06. The van der Waals surface area contributed by atoms with Crippen molar-refractivity contribution in [3.05, 3.63) is 34.6 Å². The van der Waals surface area contributed by atoms with Crippen molar-refractivity contribution in [2.75, 3.05) is 12.0 Å². The lowest BCUT2D eigenvalue weighted by atomic mass is 10.1. The molecule has 0 amide bonds. The Kier molecular flexibility index (Phi) is 4.53. The van der Waals surface area contributed by atoms with Crippen LogP contribution < -0.4 is 5.43 Å². The highest BCUT2D eigenvalue weighted by atomic mass is 32.1. The molecule has 4 heteroatoms. The van der Waals surface area contributed by atoms with Crippen LogP contribution in [-0.4, -0.2) is 16.2 Å². The van der Waals surface area contributed by atoms with Crippen LogP contribution in [0.15, 0.2) is 24.4 Å². The molecule has 0 aromatic carbocycles. The third-order valence-electron chi connectivity index (χ3n) is 3.21. The molecule has 0 unspecified atom stereocenters. The van der Waals surface area contributed by atoms with Gasteiger partial charge in [0.05, 0.1) is 0 Å². The van der Waals surface area contributed by atoms with E-state index in [1.54, 1.807) is 0 Å². The normalized spacial score (nSPS) is 11.2. The second-order valence-electron chi connectivity index (χ2n) is 5.17. The molecular formula is C15H21N3S. The van der Waals surface area contributed by atoms with E-state index in [0.717, 1.165) is 35.1 Å². The maximum atomic E-state index is 5.56. The van der Waals surface area contributed by atoms with Gasteiger partial charge in [0, 0.05) is 18.1 Å². The van der Waals surface area contributed by atoms with Gasteiger partial charge in [0.1, 0.15) is 4.64 Å². The van der Waals surface area contributed by atoms with Crippen LogP contribution in [0.3, 0.4) is 0 Å². The summed E-state index contributed by atoms with van der Waals surface area (Å²) >= 11 is 5.56. The summed E-state index contributed by atoms with van der Waals surface area (Å²) in [5.74, 6) is 0.676. The van der Waals surface area contributed by atoms with E-state index in [2.05, 4.69) is 43.3 Å². The van der Waals surface area contributed by atoms with Crippen LogP contribution in [0.25, 0.3) is 11.0 Å². The fraction of sp³-hybridized carbons (Fsp3) is 0.467. The van der Waals surface area contributed by atoms with E-state index in [1.165, 1.54) is 5.56 Å². The molecule has 0 aliphatic rings. The number of rotatable bonds is 5. The van der Waals surface area contributed by atoms with Crippen LogP contribution in [0.5, 0.6) is 0 Å². The quantitative estimate of drug-likeness (QED) is 0.839. The van der Waals surface area contributed by atoms with Crippen LogP contribution in [0.1, 0.15) is 32.8 Å². The SMILES string of the molecule is CCc1cc2cccnc2n(NCCC(C)C)c1=S. The third kappa shape index (κ3) is 3.13. The summed E-state index contributed by atoms with van der Waals surface area (Å²) in [4.78, 5) is 4.45. The number of pyridine rings is 2. The van der Waals surface area contributed by atoms with Crippen LogP contribution in [0.4, 0.5) is 0 Å². The average Bonchev–Trinajstić information content (AvgIpc) is 2.40. The molecule has 2 aromatic heterocycles. The van der Waals surface area contributed by atoms with Gasteiger partial charge in [-0.1, -0.05) is 33.0 Å². The summed E-state index contributed by atoms with van der Waals surface area (Å²) in [6.45, 7) is 7.48. The predicted molar refractivity (Wildman–Crippen MR) is 83.6 cm³/mol. The number of nitrogens with zero attached hydrogens (tertiary/aromatic N) is 2. The summed E-state index contributed by atoms with van der Waals surface area (Å²) in [7, 11) is 0. The highest BCUT2D eigenvalue weighted by Gasteiger charge is 2.06. The summed E-state index contributed by atoms with van der Waals surface area (Å²) in [6, 6.07) is 6.19. The molecule has 2 rings (SSSR count). The molecule has 0 fully saturated rings. The monoisotopic (exact) mass is 275 g/mol. The number of nitrogens with one attached hydrogen (secondary N) is 1. The summed E-state index contributed by atoms with van der Waals surface area (Å²) in [5.41, 5.74) is 5.51. The first-order chi connectivity index (χ1) is 9.13. The Morgan fingerprint density at radius 3 is 2.89 bits per heavy atom. The van der Waals surface area contributed by atoms with E-state index in [0.29, 0.717) is 5.92 Å². The van der Waals surface area contributed by atoms with Crippen molar-refractivity contribution in [1.82, 2.24) is 9.66 Å². The molecule has 0 saturated heterocycles. The molecule has 102 valence electrons. The molecule has 0 aliphatic heterocycles. The van der Waals surface area contributed by atoms with E-state index in [9.17, 15) is 0 Å². The first-order valence-corrected chi connectivity index (χ1v) is 7.27. The summed E-state index contributed by atoms with van der Waals surface area (Å²) in [5, 5.41) is 1.13. The van der Waals surface area contributed by atoms with Gasteiger partial charge >= 0.3 is 0 Å². The Morgan fingerprint density at radius 1 is 1.42 bits per heavy atom. The topological polar surface area (TPSA) is 29.9 Å². The Hall–Kier alpha value is -1.42. The Balaban J connectivity index is 2.44. The minimum atomic E-state index is 0.676. The smallest absolute Gasteiger partial charge is 0.159 e. The standard InChI is InChI=1S/C15H21N3S/c1-4-12-10-13-6-5-8-16-14(13)18(15(12)19)17-9-7-11(2)3/h5-6,8,10-11,17H,4,7,9H2,1-3H3. The van der Waals surface area contributed by atoms with Crippen molar-refractivity contribution in [1.29, 1.82) is 0 Å². The molecule has 2 aromatic rings. The average molecular weight is 275 g/mol. The van der Waals surface area contributed by atoms with Gasteiger partial charge in [-0.3, -0.25) is 0 Å². The lowest BCUT2D eigenvalue weighted by Gasteiger charge is -2.16. The van der Waals surface area contributed by atoms with Crippen LogP contribution in [0.2, 0.25) is 0 Å². The Bertz CT molecular complexity index is 616. The lowest BCUT2D eigenvalue weighted by molar-refractivity contribution is 0.589. The number of fused-ring (bicyclic) bond motifs is 1. The highest BCUT2D eigenvalue weighted by Crippen LogP contribution is 2.15. The fourth-order valence-corrected chi connectivity index (χ4v) is 2.42. The highest BCUT2D eigenvalue weighted by molar-refractivity contribution is 7.71. The zero-order valence-corrected chi connectivity index (χ0v) is 12.6. The number of hydrogen-bond donors (Lipinski definition) is 1. The maximum absolute atomic E-state index is 5.56. The number of aryl methyl sites for hydroxylation is 1. The third-order valence-corrected chi connectivity index (χ3v) is 3.65. The van der Waals surface area contributed by atoms with Crippen molar-refractivity contribution < 1.29 is 0 Å². The molecule has 0 aliphatic carbocycles. The van der Waals surface area contributed by atoms with Gasteiger partial charge in [0.25, 0.3) is 0 Å². The van der Waals surface area contributed by atoms with E-state index in [-0.39, 0.29) is 0 Å². The first-order valence-electron chi connectivity index (χ1n) is 6.87. The molecule has 0 atom stereocenters. The van der Waals surface area contributed by atoms with Crippen molar-refractivity contribution in [2.24, 2.45) is 5.92 Å². The summed E-state index contributed by atoms with van der Waals surface area (Å²) < 4.78 is 2.81. The minimum Gasteiger partial charge on any atom is -0.323 e. The second-order valence-corrected chi connectivity index (χ2v) is 5.56. The molecule has 0 saturated carbocycles.